The van der Waals surface area contributed by atoms with Crippen LogP contribution in [-0.4, -0.2) is 9.13 Å². The zero-order chi connectivity index (χ0) is 36.2. The van der Waals surface area contributed by atoms with Crippen molar-refractivity contribution in [3.63, 3.8) is 0 Å². The molecular formula is C50H30N4. The summed E-state index contributed by atoms with van der Waals surface area (Å²) in [5.74, 6) is 0. The predicted octanol–water partition coefficient (Wildman–Crippen LogP) is 12.6. The average molecular weight is 687 g/mol. The van der Waals surface area contributed by atoms with Crippen molar-refractivity contribution in [1.82, 2.24) is 9.13 Å². The minimum Gasteiger partial charge on any atom is -0.309 e. The van der Waals surface area contributed by atoms with Gasteiger partial charge in [-0.15, -0.1) is 0 Å². The molecular weight excluding hydrogens is 657 g/mol. The highest BCUT2D eigenvalue weighted by molar-refractivity contribution is 6.26. The van der Waals surface area contributed by atoms with Crippen LogP contribution in [0.3, 0.4) is 0 Å². The van der Waals surface area contributed by atoms with Crippen LogP contribution in [0.5, 0.6) is 0 Å². The number of fused-ring (bicyclic) bond motifs is 7. The summed E-state index contributed by atoms with van der Waals surface area (Å²) < 4.78 is 4.84. The second kappa shape index (κ2) is 12.5. The lowest BCUT2D eigenvalue weighted by atomic mass is 9.89. The second-order valence-electron chi connectivity index (χ2n) is 13.5. The van der Waals surface area contributed by atoms with Crippen LogP contribution >= 0.6 is 0 Å². The summed E-state index contributed by atoms with van der Waals surface area (Å²) in [4.78, 5) is 0. The maximum Gasteiger partial charge on any atom is 0.0998 e. The lowest BCUT2D eigenvalue weighted by molar-refractivity contribution is 1.17. The van der Waals surface area contributed by atoms with Gasteiger partial charge in [-0.2, -0.15) is 10.5 Å². The summed E-state index contributed by atoms with van der Waals surface area (Å²) in [5.41, 5.74) is 13.4. The molecule has 0 saturated carbocycles. The summed E-state index contributed by atoms with van der Waals surface area (Å²) in [6.45, 7) is 0. The third-order valence-electron chi connectivity index (χ3n) is 10.6. The van der Waals surface area contributed by atoms with Gasteiger partial charge in [0.1, 0.15) is 0 Å². The molecule has 0 fully saturated rings. The van der Waals surface area contributed by atoms with Gasteiger partial charge in [0.25, 0.3) is 0 Å². The molecule has 54 heavy (non-hydrogen) atoms. The van der Waals surface area contributed by atoms with Gasteiger partial charge in [0.2, 0.25) is 0 Å². The number of aromatic nitrogens is 2. The monoisotopic (exact) mass is 686 g/mol. The number of hydrogen-bond acceptors (Lipinski definition) is 2. The molecule has 250 valence electrons. The van der Waals surface area contributed by atoms with Crippen molar-refractivity contribution < 1.29 is 0 Å². The van der Waals surface area contributed by atoms with Crippen molar-refractivity contribution in [2.24, 2.45) is 0 Å². The first-order chi connectivity index (χ1) is 26.7. The van der Waals surface area contributed by atoms with E-state index in [2.05, 4.69) is 173 Å². The molecule has 2 aromatic heterocycles. The van der Waals surface area contributed by atoms with E-state index in [1.807, 2.05) is 18.2 Å². The summed E-state index contributed by atoms with van der Waals surface area (Å²) in [6, 6.07) is 67.8. The van der Waals surface area contributed by atoms with E-state index in [1.165, 1.54) is 21.5 Å². The number of hydrogen-bond donors (Lipinski definition) is 0. The minimum atomic E-state index is 0.509. The average Bonchev–Trinajstić information content (AvgIpc) is 3.76. The molecule has 4 nitrogen and oxygen atoms in total. The van der Waals surface area contributed by atoms with Gasteiger partial charge in [-0.05, 0) is 77.4 Å². The van der Waals surface area contributed by atoms with Crippen LogP contribution in [0, 0.1) is 22.7 Å². The molecule has 0 unspecified atom stereocenters. The minimum absolute atomic E-state index is 0.509. The van der Waals surface area contributed by atoms with Crippen molar-refractivity contribution in [3.8, 4) is 56.9 Å². The largest absolute Gasteiger partial charge is 0.309 e. The highest BCUT2D eigenvalue weighted by Gasteiger charge is 2.25. The third-order valence-corrected chi connectivity index (χ3v) is 10.6. The second-order valence-corrected chi connectivity index (χ2v) is 13.5. The fraction of sp³-hybridized carbons (Fsp3) is 0. The molecule has 0 radical (unpaired) electrons. The topological polar surface area (TPSA) is 57.4 Å². The first-order valence-corrected chi connectivity index (χ1v) is 18.0. The van der Waals surface area contributed by atoms with Crippen molar-refractivity contribution >= 4 is 43.6 Å². The Morgan fingerprint density at radius 3 is 1.59 bits per heavy atom. The number of nitrogens with zero attached hydrogens (tertiary/aromatic N) is 4. The number of nitriles is 2. The summed E-state index contributed by atoms with van der Waals surface area (Å²) in [6.07, 6.45) is 0. The van der Waals surface area contributed by atoms with Crippen LogP contribution in [0.1, 0.15) is 11.1 Å². The molecule has 0 aliphatic carbocycles. The molecule has 0 saturated heterocycles. The SMILES string of the molecule is N#Cc1ccc(C#N)c(-c2cc(-c3ccccc3)c(-n3c4ccccc4c4ccc5c(c6ccccc6n5-c5ccccc5)c43)c(-c3ccccc3)c2)c1. The lowest BCUT2D eigenvalue weighted by Crippen LogP contribution is -2.02. The molecule has 10 rings (SSSR count). The Morgan fingerprint density at radius 2 is 0.963 bits per heavy atom. The molecule has 8 aromatic carbocycles. The van der Waals surface area contributed by atoms with Crippen molar-refractivity contribution in [2.75, 3.05) is 0 Å². The van der Waals surface area contributed by atoms with Crippen LogP contribution in [0.25, 0.3) is 88.4 Å². The molecule has 0 aliphatic heterocycles. The smallest absolute Gasteiger partial charge is 0.0998 e. The normalized spacial score (nSPS) is 11.3. The van der Waals surface area contributed by atoms with Crippen LogP contribution in [-0.2, 0) is 0 Å². The van der Waals surface area contributed by atoms with Crippen LogP contribution in [0.2, 0.25) is 0 Å². The van der Waals surface area contributed by atoms with Crippen molar-refractivity contribution in [1.29, 1.82) is 10.5 Å². The van der Waals surface area contributed by atoms with Gasteiger partial charge in [-0.3, -0.25) is 0 Å². The first-order valence-electron chi connectivity index (χ1n) is 18.0. The van der Waals surface area contributed by atoms with Crippen LogP contribution < -0.4 is 0 Å². The molecule has 2 heterocycles. The van der Waals surface area contributed by atoms with E-state index in [9.17, 15) is 10.5 Å². The molecule has 0 amide bonds. The standard InChI is InChI=1S/C50H30N4/c51-31-33-24-25-36(32-52)42(28-33)37-29-43(34-14-4-1-5-15-34)49(44(30-37)35-16-6-2-7-17-35)54-45-22-12-10-20-39(45)40-26-27-47-48(50(40)54)41-21-11-13-23-46(41)53(47)38-18-8-3-9-19-38/h1-30H. The highest BCUT2D eigenvalue weighted by Crippen LogP contribution is 2.47. The lowest BCUT2D eigenvalue weighted by Gasteiger charge is -2.22. The van der Waals surface area contributed by atoms with Crippen LogP contribution in [0.15, 0.2) is 182 Å². The maximum atomic E-state index is 10.3. The molecule has 10 aromatic rings. The first kappa shape index (κ1) is 31.1. The van der Waals surface area contributed by atoms with E-state index in [1.54, 1.807) is 12.1 Å². The molecule has 0 spiro atoms. The van der Waals surface area contributed by atoms with Gasteiger partial charge in [-0.25, -0.2) is 0 Å². The van der Waals surface area contributed by atoms with E-state index in [0.717, 1.165) is 66.8 Å². The van der Waals surface area contributed by atoms with Crippen molar-refractivity contribution in [3.05, 3.63) is 193 Å². The summed E-state index contributed by atoms with van der Waals surface area (Å²) >= 11 is 0. The van der Waals surface area contributed by atoms with Gasteiger partial charge >= 0.3 is 0 Å². The number of benzene rings is 8. The quantitative estimate of drug-likeness (QED) is 0.181. The number of rotatable bonds is 5. The molecule has 4 heteroatoms. The van der Waals surface area contributed by atoms with Gasteiger partial charge < -0.3 is 9.13 Å². The zero-order valence-electron chi connectivity index (χ0n) is 29.1. The Kier molecular flexibility index (Phi) is 7.22. The number of para-hydroxylation sites is 3. The fourth-order valence-corrected chi connectivity index (χ4v) is 8.25. The maximum absolute atomic E-state index is 10.3. The van der Waals surface area contributed by atoms with E-state index >= 15 is 0 Å². The molecule has 0 aliphatic rings. The molecule has 0 bridgehead atoms. The predicted molar refractivity (Wildman–Crippen MR) is 221 cm³/mol. The van der Waals surface area contributed by atoms with Crippen molar-refractivity contribution in [2.45, 2.75) is 0 Å². The van der Waals surface area contributed by atoms with Gasteiger partial charge in [0, 0.05) is 43.9 Å². The summed E-state index contributed by atoms with van der Waals surface area (Å²) in [7, 11) is 0. The summed E-state index contributed by atoms with van der Waals surface area (Å²) in [5, 5.41) is 24.9. The fourth-order valence-electron chi connectivity index (χ4n) is 8.25. The Hall–Kier alpha value is -7.66. The Balaban J connectivity index is 1.44. The van der Waals surface area contributed by atoms with E-state index in [0.29, 0.717) is 11.1 Å². The van der Waals surface area contributed by atoms with Gasteiger partial charge in [0.15, 0.2) is 0 Å². The van der Waals surface area contributed by atoms with E-state index < -0.39 is 0 Å². The third kappa shape index (κ3) is 4.76. The van der Waals surface area contributed by atoms with Gasteiger partial charge in [0.05, 0.1) is 51.0 Å². The van der Waals surface area contributed by atoms with E-state index in [4.69, 9.17) is 0 Å². The molecule has 0 N–H and O–H groups in total. The Labute approximate surface area is 312 Å². The Morgan fingerprint density at radius 1 is 0.389 bits per heavy atom. The zero-order valence-corrected chi connectivity index (χ0v) is 29.1. The highest BCUT2D eigenvalue weighted by atomic mass is 15.0. The van der Waals surface area contributed by atoms with E-state index in [-0.39, 0.29) is 0 Å². The van der Waals surface area contributed by atoms with Gasteiger partial charge in [-0.1, -0.05) is 121 Å². The Bertz CT molecular complexity index is 3100. The molecule has 0 atom stereocenters. The van der Waals surface area contributed by atoms with Crippen LogP contribution in [0.4, 0.5) is 0 Å².